The summed E-state index contributed by atoms with van der Waals surface area (Å²) in [4.78, 5) is 4.03. The topological polar surface area (TPSA) is 72.5 Å². The van der Waals surface area contributed by atoms with Crippen molar-refractivity contribution >= 4 is 18.2 Å². The largest absolute Gasteiger partial charge is 0.368 e. The fourth-order valence-electron chi connectivity index (χ4n) is 1.33. The lowest BCUT2D eigenvalue weighted by Crippen LogP contribution is -2.06. The molecule has 0 saturated carbocycles. The van der Waals surface area contributed by atoms with E-state index in [1.54, 1.807) is 10.8 Å². The number of nitrogen functional groups attached to an aromatic ring is 1. The number of rotatable bonds is 2. The molecule has 0 atom stereocenters. The summed E-state index contributed by atoms with van der Waals surface area (Å²) in [6, 6.07) is 1.95. The van der Waals surface area contributed by atoms with Crippen LogP contribution in [0, 0.1) is 11.7 Å². The first-order valence-corrected chi connectivity index (χ1v) is 4.89. The number of aryl methyl sites for hydroxylation is 1. The second kappa shape index (κ2) is 3.82. The lowest BCUT2D eigenvalue weighted by Gasteiger charge is -2.06. The first kappa shape index (κ1) is 9.85. The number of aromatic amines is 1. The molecular weight excluding hydrogens is 210 g/mol. The highest BCUT2D eigenvalue weighted by Crippen LogP contribution is 2.09. The molecule has 2 aromatic rings. The van der Waals surface area contributed by atoms with Gasteiger partial charge in [-0.15, -0.1) is 5.10 Å². The van der Waals surface area contributed by atoms with Gasteiger partial charge in [-0.25, -0.2) is 5.10 Å². The number of nitrogens with one attached hydrogen (secondary N) is 1. The van der Waals surface area contributed by atoms with Crippen LogP contribution in [-0.4, -0.2) is 19.7 Å². The van der Waals surface area contributed by atoms with E-state index in [1.165, 1.54) is 0 Å². The van der Waals surface area contributed by atoms with Gasteiger partial charge in [0.2, 0.25) is 5.95 Å². The highest BCUT2D eigenvalue weighted by molar-refractivity contribution is 7.71. The number of hydrogen-bond donors (Lipinski definition) is 2. The normalized spacial score (nSPS) is 10.5. The molecule has 5 nitrogen and oxygen atoms in total. The maximum Gasteiger partial charge on any atom is 0.220 e. The number of aromatic nitrogens is 4. The summed E-state index contributed by atoms with van der Waals surface area (Å²) >= 11 is 5.06. The van der Waals surface area contributed by atoms with E-state index >= 15 is 0 Å². The molecule has 2 rings (SSSR count). The van der Waals surface area contributed by atoms with Gasteiger partial charge in [0.25, 0.3) is 0 Å². The predicted molar refractivity (Wildman–Crippen MR) is 59.9 cm³/mol. The maximum atomic E-state index is 5.68. The second-order valence-corrected chi connectivity index (χ2v) is 3.66. The minimum Gasteiger partial charge on any atom is -0.368 e. The van der Waals surface area contributed by atoms with Crippen molar-refractivity contribution in [3.8, 4) is 0 Å². The quantitative estimate of drug-likeness (QED) is 0.749. The lowest BCUT2D eigenvalue weighted by atomic mass is 10.1. The summed E-state index contributed by atoms with van der Waals surface area (Å²) in [5, 5.41) is 6.50. The van der Waals surface area contributed by atoms with Crippen molar-refractivity contribution in [2.75, 3.05) is 5.73 Å². The number of hydrogen-bond acceptors (Lipinski definition) is 4. The predicted octanol–water partition coefficient (Wildman–Crippen LogP) is 1.27. The molecular formula is C9H11N5S. The van der Waals surface area contributed by atoms with Crippen molar-refractivity contribution in [2.45, 2.75) is 13.5 Å². The lowest BCUT2D eigenvalue weighted by molar-refractivity contribution is 0.786. The first-order valence-electron chi connectivity index (χ1n) is 4.48. The fourth-order valence-corrected chi connectivity index (χ4v) is 1.54. The summed E-state index contributed by atoms with van der Waals surface area (Å²) in [5.74, 6) is 0.399. The zero-order chi connectivity index (χ0) is 10.8. The molecule has 0 aliphatic rings. The summed E-state index contributed by atoms with van der Waals surface area (Å²) in [7, 11) is 0. The van der Waals surface area contributed by atoms with Crippen LogP contribution in [0.2, 0.25) is 0 Å². The maximum absolute atomic E-state index is 5.68. The minimum absolute atomic E-state index is 0.399. The molecule has 0 saturated heterocycles. The molecule has 0 spiro atoms. The molecule has 0 amide bonds. The molecule has 78 valence electrons. The summed E-state index contributed by atoms with van der Waals surface area (Å²) in [5.41, 5.74) is 7.92. The third-order valence-corrected chi connectivity index (χ3v) is 2.56. The summed E-state index contributed by atoms with van der Waals surface area (Å²) < 4.78 is 2.28. The molecule has 2 heterocycles. The van der Waals surface area contributed by atoms with Crippen LogP contribution in [0.4, 0.5) is 5.95 Å². The van der Waals surface area contributed by atoms with Crippen LogP contribution in [-0.2, 0) is 6.54 Å². The van der Waals surface area contributed by atoms with Crippen LogP contribution in [0.25, 0.3) is 0 Å². The Morgan fingerprint density at radius 3 is 3.00 bits per heavy atom. The Kier molecular flexibility index (Phi) is 2.51. The van der Waals surface area contributed by atoms with E-state index in [0.717, 1.165) is 11.1 Å². The standard InChI is InChI=1S/C9H11N5S/c1-6-4-11-3-2-7(6)5-14-8(10)12-13-9(14)15/h2-4H,5H2,1H3,(H2,10,12)(H,13,15). The van der Waals surface area contributed by atoms with Crippen molar-refractivity contribution in [3.63, 3.8) is 0 Å². The van der Waals surface area contributed by atoms with E-state index in [0.29, 0.717) is 17.3 Å². The Labute approximate surface area is 92.0 Å². The molecule has 3 N–H and O–H groups in total. The van der Waals surface area contributed by atoms with E-state index in [1.807, 2.05) is 19.2 Å². The Morgan fingerprint density at radius 2 is 2.40 bits per heavy atom. The molecule has 15 heavy (non-hydrogen) atoms. The Hall–Kier alpha value is -1.69. The minimum atomic E-state index is 0.399. The number of anilines is 1. The van der Waals surface area contributed by atoms with Gasteiger partial charge in [-0.3, -0.25) is 9.55 Å². The Balaban J connectivity index is 2.38. The molecule has 6 heteroatoms. The van der Waals surface area contributed by atoms with E-state index in [9.17, 15) is 0 Å². The van der Waals surface area contributed by atoms with Gasteiger partial charge in [0.1, 0.15) is 0 Å². The van der Waals surface area contributed by atoms with Crippen LogP contribution < -0.4 is 5.73 Å². The van der Waals surface area contributed by atoms with Crippen molar-refractivity contribution in [3.05, 3.63) is 34.4 Å². The van der Waals surface area contributed by atoms with Crippen LogP contribution in [0.1, 0.15) is 11.1 Å². The van der Waals surface area contributed by atoms with Gasteiger partial charge in [0, 0.05) is 12.4 Å². The molecule has 0 unspecified atom stereocenters. The van der Waals surface area contributed by atoms with Crippen molar-refractivity contribution < 1.29 is 0 Å². The average molecular weight is 221 g/mol. The summed E-state index contributed by atoms with van der Waals surface area (Å²) in [6.45, 7) is 2.62. The van der Waals surface area contributed by atoms with Crippen LogP contribution in [0.3, 0.4) is 0 Å². The van der Waals surface area contributed by atoms with Gasteiger partial charge in [-0.1, -0.05) is 0 Å². The van der Waals surface area contributed by atoms with E-state index < -0.39 is 0 Å². The van der Waals surface area contributed by atoms with Gasteiger partial charge in [-0.05, 0) is 36.3 Å². The molecule has 0 radical (unpaired) electrons. The van der Waals surface area contributed by atoms with Gasteiger partial charge in [0.15, 0.2) is 4.77 Å². The van der Waals surface area contributed by atoms with Crippen molar-refractivity contribution in [1.29, 1.82) is 0 Å². The molecule has 0 aromatic carbocycles. The zero-order valence-electron chi connectivity index (χ0n) is 8.27. The number of pyridine rings is 1. The molecule has 2 aromatic heterocycles. The average Bonchev–Trinajstić information content (AvgIpc) is 2.53. The smallest absolute Gasteiger partial charge is 0.220 e. The molecule has 0 bridgehead atoms. The van der Waals surface area contributed by atoms with Crippen molar-refractivity contribution in [1.82, 2.24) is 19.7 Å². The van der Waals surface area contributed by atoms with Gasteiger partial charge in [-0.2, -0.15) is 0 Å². The Bertz CT molecular complexity index is 527. The number of nitrogens with two attached hydrogens (primary N) is 1. The second-order valence-electron chi connectivity index (χ2n) is 3.28. The SMILES string of the molecule is Cc1cnccc1Cn1c(N)n[nH]c1=S. The third kappa shape index (κ3) is 1.89. The van der Waals surface area contributed by atoms with E-state index in [-0.39, 0.29) is 0 Å². The molecule has 0 aliphatic heterocycles. The van der Waals surface area contributed by atoms with Gasteiger partial charge in [0.05, 0.1) is 6.54 Å². The third-order valence-electron chi connectivity index (χ3n) is 2.25. The van der Waals surface area contributed by atoms with Crippen LogP contribution >= 0.6 is 12.2 Å². The van der Waals surface area contributed by atoms with E-state index in [4.69, 9.17) is 18.0 Å². The fraction of sp³-hybridized carbons (Fsp3) is 0.222. The van der Waals surface area contributed by atoms with Gasteiger partial charge >= 0.3 is 0 Å². The van der Waals surface area contributed by atoms with Crippen LogP contribution in [0.5, 0.6) is 0 Å². The summed E-state index contributed by atoms with van der Waals surface area (Å²) in [6.07, 6.45) is 3.57. The molecule has 0 aliphatic carbocycles. The first-order chi connectivity index (χ1) is 7.18. The van der Waals surface area contributed by atoms with Crippen molar-refractivity contribution in [2.24, 2.45) is 0 Å². The van der Waals surface area contributed by atoms with Crippen LogP contribution in [0.15, 0.2) is 18.5 Å². The van der Waals surface area contributed by atoms with Gasteiger partial charge < -0.3 is 5.73 Å². The highest BCUT2D eigenvalue weighted by atomic mass is 32.1. The zero-order valence-corrected chi connectivity index (χ0v) is 9.08. The highest BCUT2D eigenvalue weighted by Gasteiger charge is 2.04. The molecule has 0 fully saturated rings. The monoisotopic (exact) mass is 221 g/mol. The number of nitrogens with zero attached hydrogens (tertiary/aromatic N) is 3. The van der Waals surface area contributed by atoms with E-state index in [2.05, 4.69) is 15.2 Å². The Morgan fingerprint density at radius 1 is 1.60 bits per heavy atom. The number of H-pyrrole nitrogens is 1.